The van der Waals surface area contributed by atoms with Crippen molar-refractivity contribution in [2.45, 2.75) is 25.2 Å². The van der Waals surface area contributed by atoms with Gasteiger partial charge in [0, 0.05) is 6.54 Å². The molecule has 2 rings (SSSR count). The van der Waals surface area contributed by atoms with Gasteiger partial charge in [0.25, 0.3) is 0 Å². The molecule has 5 nitrogen and oxygen atoms in total. The molecule has 1 aliphatic rings. The number of nitrogens with two attached hydrogens (primary N) is 1. The first-order valence-corrected chi connectivity index (χ1v) is 6.15. The molecule has 3 N–H and O–H groups in total. The highest BCUT2D eigenvalue weighted by Gasteiger charge is 2.33. The van der Waals surface area contributed by atoms with Gasteiger partial charge in [-0.1, -0.05) is 0 Å². The van der Waals surface area contributed by atoms with Crippen molar-refractivity contribution in [3.05, 3.63) is 17.7 Å². The highest BCUT2D eigenvalue weighted by molar-refractivity contribution is 5.50. The Kier molecular flexibility index (Phi) is 4.05. The van der Waals surface area contributed by atoms with Gasteiger partial charge in [0.2, 0.25) is 0 Å². The number of aliphatic hydroxyl groups is 1. The Hall–Kier alpha value is -1.54. The van der Waals surface area contributed by atoms with Crippen LogP contribution in [0.1, 0.15) is 12.5 Å². The fourth-order valence-electron chi connectivity index (χ4n) is 2.09. The van der Waals surface area contributed by atoms with Crippen LogP contribution < -0.4 is 10.6 Å². The van der Waals surface area contributed by atoms with Crippen LogP contribution >= 0.6 is 0 Å². The number of morpholine rings is 1. The van der Waals surface area contributed by atoms with Crippen LogP contribution in [0.25, 0.3) is 0 Å². The molecule has 1 fully saturated rings. The Morgan fingerprint density at radius 1 is 1.50 bits per heavy atom. The lowest BCUT2D eigenvalue weighted by molar-refractivity contribution is -0.137. The summed E-state index contributed by atoms with van der Waals surface area (Å²) in [5.74, 6) is -0.0411. The number of aromatic nitrogens is 1. The van der Waals surface area contributed by atoms with Gasteiger partial charge in [-0.05, 0) is 19.1 Å². The molecule has 112 valence electrons. The molecule has 0 spiro atoms. The highest BCUT2D eigenvalue weighted by Crippen LogP contribution is 2.33. The van der Waals surface area contributed by atoms with E-state index >= 15 is 0 Å². The largest absolute Gasteiger partial charge is 0.416 e. The number of rotatable bonds is 2. The lowest BCUT2D eigenvalue weighted by atomic mass is 10.1. The molecule has 0 aliphatic carbocycles. The third-order valence-corrected chi connectivity index (χ3v) is 3.16. The van der Waals surface area contributed by atoms with Gasteiger partial charge in [-0.15, -0.1) is 0 Å². The molecule has 0 radical (unpaired) electrons. The first-order chi connectivity index (χ1) is 9.31. The second-order valence-corrected chi connectivity index (χ2v) is 4.78. The van der Waals surface area contributed by atoms with Crippen LogP contribution in [-0.2, 0) is 10.9 Å². The number of ether oxygens (including phenoxy) is 1. The third kappa shape index (κ3) is 3.13. The van der Waals surface area contributed by atoms with E-state index in [4.69, 9.17) is 15.6 Å². The van der Waals surface area contributed by atoms with E-state index in [0.717, 1.165) is 12.1 Å². The van der Waals surface area contributed by atoms with Gasteiger partial charge in [-0.2, -0.15) is 13.2 Å². The molecule has 20 heavy (non-hydrogen) atoms. The fourth-order valence-corrected chi connectivity index (χ4v) is 2.09. The van der Waals surface area contributed by atoms with Crippen molar-refractivity contribution in [2.24, 2.45) is 0 Å². The van der Waals surface area contributed by atoms with Crippen molar-refractivity contribution >= 4 is 11.6 Å². The summed E-state index contributed by atoms with van der Waals surface area (Å²) in [4.78, 5) is 5.62. The van der Waals surface area contributed by atoms with Crippen molar-refractivity contribution in [1.29, 1.82) is 0 Å². The average Bonchev–Trinajstić information content (AvgIpc) is 2.37. The summed E-state index contributed by atoms with van der Waals surface area (Å²) in [5.41, 5.74) is 4.62. The number of hydrogen-bond donors (Lipinski definition) is 2. The number of alkyl halides is 3. The fraction of sp³-hybridized carbons (Fsp3) is 0.583. The van der Waals surface area contributed by atoms with Gasteiger partial charge in [0.05, 0.1) is 30.9 Å². The van der Waals surface area contributed by atoms with Crippen LogP contribution in [0.5, 0.6) is 0 Å². The van der Waals surface area contributed by atoms with Crippen LogP contribution in [-0.4, -0.2) is 42.0 Å². The monoisotopic (exact) mass is 291 g/mol. The molecule has 0 bridgehead atoms. The van der Waals surface area contributed by atoms with E-state index in [-0.39, 0.29) is 30.8 Å². The van der Waals surface area contributed by atoms with E-state index in [1.54, 1.807) is 4.90 Å². The minimum Gasteiger partial charge on any atom is -0.394 e. The Morgan fingerprint density at radius 2 is 2.20 bits per heavy atom. The van der Waals surface area contributed by atoms with Crippen LogP contribution in [0.15, 0.2) is 12.1 Å². The summed E-state index contributed by atoms with van der Waals surface area (Å²) in [6.45, 7) is 2.19. The predicted octanol–water partition coefficient (Wildman–Crippen LogP) is 1.27. The minimum absolute atomic E-state index is 0.145. The quantitative estimate of drug-likeness (QED) is 0.858. The number of aliphatic hydroxyl groups excluding tert-OH is 1. The number of anilines is 2. The number of pyridine rings is 1. The van der Waals surface area contributed by atoms with Gasteiger partial charge in [0.15, 0.2) is 0 Å². The Balaban J connectivity index is 2.33. The van der Waals surface area contributed by atoms with Gasteiger partial charge in [0.1, 0.15) is 11.6 Å². The van der Waals surface area contributed by atoms with Gasteiger partial charge >= 0.3 is 6.18 Å². The zero-order chi connectivity index (χ0) is 14.9. The van der Waals surface area contributed by atoms with E-state index in [9.17, 15) is 13.2 Å². The maximum Gasteiger partial charge on any atom is 0.416 e. The molecular formula is C12H16F3N3O2. The predicted molar refractivity (Wildman–Crippen MR) is 67.3 cm³/mol. The highest BCUT2D eigenvalue weighted by atomic mass is 19.4. The SMILES string of the molecule is CC1COC(CO)CN1c1cc(C(F)(F)F)cc(N)n1. The van der Waals surface area contributed by atoms with Crippen LogP contribution in [0.4, 0.5) is 24.8 Å². The first-order valence-electron chi connectivity index (χ1n) is 6.15. The summed E-state index contributed by atoms with van der Waals surface area (Å²) in [6.07, 6.45) is -4.92. The Bertz CT molecular complexity index is 482. The van der Waals surface area contributed by atoms with Gasteiger partial charge < -0.3 is 20.5 Å². The molecule has 0 amide bonds. The third-order valence-electron chi connectivity index (χ3n) is 3.16. The second-order valence-electron chi connectivity index (χ2n) is 4.78. The summed E-state index contributed by atoms with van der Waals surface area (Å²) in [7, 11) is 0. The molecule has 1 saturated heterocycles. The van der Waals surface area contributed by atoms with Crippen molar-refractivity contribution in [3.8, 4) is 0 Å². The molecule has 2 atom stereocenters. The molecule has 1 aliphatic heterocycles. The summed E-state index contributed by atoms with van der Waals surface area (Å²) < 4.78 is 43.7. The zero-order valence-electron chi connectivity index (χ0n) is 10.9. The number of nitrogens with zero attached hydrogens (tertiary/aromatic N) is 2. The van der Waals surface area contributed by atoms with Crippen molar-refractivity contribution in [1.82, 2.24) is 4.98 Å². The summed E-state index contributed by atoms with van der Waals surface area (Å²) >= 11 is 0. The van der Waals surface area contributed by atoms with Crippen molar-refractivity contribution in [3.63, 3.8) is 0 Å². The molecule has 0 aromatic carbocycles. The van der Waals surface area contributed by atoms with Crippen molar-refractivity contribution in [2.75, 3.05) is 30.4 Å². The molecule has 1 aromatic heterocycles. The first kappa shape index (κ1) is 14.9. The van der Waals surface area contributed by atoms with E-state index in [1.165, 1.54) is 0 Å². The van der Waals surface area contributed by atoms with E-state index in [2.05, 4.69) is 4.98 Å². The molecule has 0 saturated carbocycles. The number of halogens is 3. The second kappa shape index (κ2) is 5.45. The molecular weight excluding hydrogens is 275 g/mol. The Labute approximate surface area is 114 Å². The van der Waals surface area contributed by atoms with Crippen LogP contribution in [0.3, 0.4) is 0 Å². The van der Waals surface area contributed by atoms with E-state index in [0.29, 0.717) is 6.61 Å². The molecule has 8 heteroatoms. The van der Waals surface area contributed by atoms with Crippen LogP contribution in [0.2, 0.25) is 0 Å². The summed E-state index contributed by atoms with van der Waals surface area (Å²) in [6, 6.07) is 1.62. The normalized spacial score (nSPS) is 23.9. The van der Waals surface area contributed by atoms with Gasteiger partial charge in [-0.3, -0.25) is 0 Å². The van der Waals surface area contributed by atoms with Crippen LogP contribution in [0, 0.1) is 0 Å². The standard InChI is InChI=1S/C12H16F3N3O2/c1-7-6-20-9(5-19)4-18(7)11-3-8(12(13,14)15)2-10(16)17-11/h2-3,7,9,19H,4-6H2,1H3,(H2,16,17). The summed E-state index contributed by atoms with van der Waals surface area (Å²) in [5, 5.41) is 9.10. The minimum atomic E-state index is -4.47. The lowest BCUT2D eigenvalue weighted by Crippen LogP contribution is -2.50. The van der Waals surface area contributed by atoms with Gasteiger partial charge in [-0.25, -0.2) is 4.98 Å². The lowest BCUT2D eigenvalue weighted by Gasteiger charge is -2.38. The molecule has 2 heterocycles. The van der Waals surface area contributed by atoms with E-state index < -0.39 is 17.8 Å². The smallest absolute Gasteiger partial charge is 0.394 e. The maximum atomic E-state index is 12.8. The van der Waals surface area contributed by atoms with E-state index in [1.807, 2.05) is 6.92 Å². The number of hydrogen-bond acceptors (Lipinski definition) is 5. The van der Waals surface area contributed by atoms with Crippen molar-refractivity contribution < 1.29 is 23.0 Å². The topological polar surface area (TPSA) is 71.6 Å². The maximum absolute atomic E-state index is 12.8. The average molecular weight is 291 g/mol. The molecule has 1 aromatic rings. The Morgan fingerprint density at radius 3 is 2.80 bits per heavy atom. The molecule has 2 unspecified atom stereocenters. The number of nitrogen functional groups attached to an aromatic ring is 1. The zero-order valence-corrected chi connectivity index (χ0v) is 10.9.